The lowest BCUT2D eigenvalue weighted by molar-refractivity contribution is -0.115. The minimum atomic E-state index is -2.25. The number of hydrogen-bond acceptors (Lipinski definition) is 6. The molecule has 3 rings (SSSR count). The lowest BCUT2D eigenvalue weighted by Crippen LogP contribution is -2.48. The van der Waals surface area contributed by atoms with E-state index in [9.17, 15) is 9.59 Å². The quantitative estimate of drug-likeness (QED) is 0.124. The molecule has 1 fully saturated rings. The summed E-state index contributed by atoms with van der Waals surface area (Å²) in [5, 5.41) is 2.81. The second kappa shape index (κ2) is 15.0. The minimum absolute atomic E-state index is 0.0383. The first-order chi connectivity index (χ1) is 20.8. The fraction of sp³-hybridized carbons (Fsp3) is 0.611. The predicted octanol–water partition coefficient (Wildman–Crippen LogP) is 8.63. The predicted molar refractivity (Wildman–Crippen MR) is 188 cm³/mol. The van der Waals surface area contributed by atoms with E-state index in [1.807, 2.05) is 37.3 Å². The van der Waals surface area contributed by atoms with Gasteiger partial charge in [-0.15, -0.1) is 0 Å². The molecule has 45 heavy (non-hydrogen) atoms. The third kappa shape index (κ3) is 10.3. The van der Waals surface area contributed by atoms with Crippen LogP contribution in [0.5, 0.6) is 5.75 Å². The SMILES string of the molecule is C/C=C\C=C/C(=O)N/C=C/C[C@H]1C[C@H]2C[C@@H](O[Si](C)(C)C(C)(C)C)C[C@H](Cc3cccc(O[Si](C)(C)C(C)(C)C)c3C(=O)O1)O2. The molecule has 0 saturated carbocycles. The first-order valence-corrected chi connectivity index (χ1v) is 22.2. The van der Waals surface area contributed by atoms with Crippen LogP contribution in [0.25, 0.3) is 0 Å². The molecule has 1 N–H and O–H groups in total. The number of allylic oxidation sites excluding steroid dienone is 3. The van der Waals surface area contributed by atoms with Crippen LogP contribution in [0.3, 0.4) is 0 Å². The number of esters is 1. The third-order valence-electron chi connectivity index (χ3n) is 9.73. The van der Waals surface area contributed by atoms with Gasteiger partial charge in [-0.25, -0.2) is 4.79 Å². The maximum absolute atomic E-state index is 14.0. The van der Waals surface area contributed by atoms with Gasteiger partial charge >= 0.3 is 5.97 Å². The Morgan fingerprint density at radius 3 is 2.29 bits per heavy atom. The zero-order chi connectivity index (χ0) is 33.6. The number of benzene rings is 1. The molecule has 2 bridgehead atoms. The van der Waals surface area contributed by atoms with E-state index < -0.39 is 22.7 Å². The van der Waals surface area contributed by atoms with Crippen molar-refractivity contribution in [1.29, 1.82) is 0 Å². The normalized spacial score (nSPS) is 23.7. The highest BCUT2D eigenvalue weighted by molar-refractivity contribution is 6.75. The third-order valence-corrected chi connectivity index (χ3v) is 18.6. The van der Waals surface area contributed by atoms with E-state index in [4.69, 9.17) is 18.3 Å². The van der Waals surface area contributed by atoms with Crippen molar-refractivity contribution in [3.05, 3.63) is 65.9 Å². The Hall–Kier alpha value is -2.47. The summed E-state index contributed by atoms with van der Waals surface area (Å²) in [7, 11) is -4.26. The van der Waals surface area contributed by atoms with Crippen molar-refractivity contribution in [2.45, 2.75) is 141 Å². The highest BCUT2D eigenvalue weighted by Crippen LogP contribution is 2.42. The molecule has 0 radical (unpaired) electrons. The molecule has 1 aromatic carbocycles. The van der Waals surface area contributed by atoms with E-state index in [0.717, 1.165) is 18.4 Å². The average Bonchev–Trinajstić information content (AvgIpc) is 2.89. The van der Waals surface area contributed by atoms with Crippen LogP contribution in [0.15, 0.2) is 54.8 Å². The summed E-state index contributed by atoms with van der Waals surface area (Å²) >= 11 is 0. The maximum atomic E-state index is 14.0. The van der Waals surface area contributed by atoms with Gasteiger partial charge < -0.3 is 23.6 Å². The van der Waals surface area contributed by atoms with E-state index in [1.54, 1.807) is 18.4 Å². The number of cyclic esters (lactones) is 1. The van der Waals surface area contributed by atoms with Crippen molar-refractivity contribution in [2.75, 3.05) is 0 Å². The summed E-state index contributed by atoms with van der Waals surface area (Å²) in [5.41, 5.74) is 1.37. The van der Waals surface area contributed by atoms with Gasteiger partial charge in [0.2, 0.25) is 5.91 Å². The zero-order valence-electron chi connectivity index (χ0n) is 29.5. The van der Waals surface area contributed by atoms with E-state index in [-0.39, 0.29) is 40.3 Å². The number of fused-ring (bicyclic) bond motifs is 3. The maximum Gasteiger partial charge on any atom is 0.342 e. The molecule has 0 aliphatic carbocycles. The van der Waals surface area contributed by atoms with Gasteiger partial charge in [0.15, 0.2) is 8.32 Å². The van der Waals surface area contributed by atoms with Gasteiger partial charge in [-0.1, -0.05) is 78.0 Å². The molecule has 2 heterocycles. The standard InChI is InChI=1S/C36H57NO6Si2/c1-12-13-14-20-32(38)37-21-16-18-27-23-29-25-30(42-44(8,9)35(2,3)4)24-28(40-29)22-26-17-15-19-31(33(26)34(39)41-27)43-45(10,11)36(5,6)7/h12-17,19-21,27-30H,18,22-25H2,1-11H3,(H,37,38)/b13-12-,20-14-,21-16+/t27-,28-,29-,30-/m0/s1. The van der Waals surface area contributed by atoms with Gasteiger partial charge in [0.05, 0.1) is 12.2 Å². The van der Waals surface area contributed by atoms with Crippen LogP contribution in [-0.4, -0.2) is 52.9 Å². The Balaban J connectivity index is 1.96. The first-order valence-electron chi connectivity index (χ1n) is 16.4. The molecular weight excluding hydrogens is 599 g/mol. The number of carbonyl (C=O) groups is 2. The number of amides is 1. The highest BCUT2D eigenvalue weighted by Gasteiger charge is 2.43. The topological polar surface area (TPSA) is 83.1 Å². The van der Waals surface area contributed by atoms with Gasteiger partial charge in [-0.3, -0.25) is 4.79 Å². The molecule has 9 heteroatoms. The molecule has 1 saturated heterocycles. The molecule has 1 amide bonds. The van der Waals surface area contributed by atoms with Crippen LogP contribution in [0.4, 0.5) is 0 Å². The zero-order valence-corrected chi connectivity index (χ0v) is 31.5. The van der Waals surface area contributed by atoms with Gasteiger partial charge in [-0.05, 0) is 74.1 Å². The van der Waals surface area contributed by atoms with Gasteiger partial charge in [0, 0.05) is 31.2 Å². The Labute approximate surface area is 274 Å². The number of carbonyl (C=O) groups excluding carboxylic acids is 2. The monoisotopic (exact) mass is 655 g/mol. The molecule has 2 aliphatic heterocycles. The van der Waals surface area contributed by atoms with Gasteiger partial charge in [0.25, 0.3) is 8.32 Å². The fourth-order valence-electron chi connectivity index (χ4n) is 5.13. The lowest BCUT2D eigenvalue weighted by atomic mass is 9.91. The number of hydrogen-bond donors (Lipinski definition) is 1. The van der Waals surface area contributed by atoms with Crippen LogP contribution in [-0.2, 0) is 25.1 Å². The largest absolute Gasteiger partial charge is 0.543 e. The molecule has 1 aromatic rings. The van der Waals surface area contributed by atoms with Gasteiger partial charge in [0.1, 0.15) is 17.4 Å². The molecule has 7 nitrogen and oxygen atoms in total. The van der Waals surface area contributed by atoms with Crippen LogP contribution >= 0.6 is 0 Å². The highest BCUT2D eigenvalue weighted by atomic mass is 28.4. The lowest BCUT2D eigenvalue weighted by Gasteiger charge is -2.44. The summed E-state index contributed by atoms with van der Waals surface area (Å²) in [5.74, 6) is -0.0108. The summed E-state index contributed by atoms with van der Waals surface area (Å²) in [4.78, 5) is 26.1. The summed E-state index contributed by atoms with van der Waals surface area (Å²) in [6.07, 6.45) is 12.8. The van der Waals surface area contributed by atoms with E-state index in [0.29, 0.717) is 30.6 Å². The number of ether oxygens (including phenoxy) is 2. The summed E-state index contributed by atoms with van der Waals surface area (Å²) in [6.45, 7) is 24.2. The van der Waals surface area contributed by atoms with Crippen molar-refractivity contribution in [2.24, 2.45) is 0 Å². The minimum Gasteiger partial charge on any atom is -0.543 e. The van der Waals surface area contributed by atoms with E-state index in [2.05, 4.69) is 73.0 Å². The van der Waals surface area contributed by atoms with Crippen molar-refractivity contribution in [3.8, 4) is 5.75 Å². The summed E-state index contributed by atoms with van der Waals surface area (Å²) in [6, 6.07) is 5.86. The van der Waals surface area contributed by atoms with E-state index in [1.165, 1.54) is 6.08 Å². The van der Waals surface area contributed by atoms with Crippen molar-refractivity contribution in [1.82, 2.24) is 5.32 Å². The molecule has 0 unspecified atom stereocenters. The average molecular weight is 656 g/mol. The Morgan fingerprint density at radius 2 is 1.64 bits per heavy atom. The van der Waals surface area contributed by atoms with Crippen LogP contribution in [0, 0.1) is 0 Å². The Kier molecular flexibility index (Phi) is 12.3. The second-order valence-electron chi connectivity index (χ2n) is 15.5. The van der Waals surface area contributed by atoms with Crippen molar-refractivity contribution in [3.63, 3.8) is 0 Å². The molecular formula is C36H57NO6Si2. The smallest absolute Gasteiger partial charge is 0.342 e. The second-order valence-corrected chi connectivity index (χ2v) is 25.0. The molecule has 2 aliphatic rings. The number of rotatable bonds is 9. The van der Waals surface area contributed by atoms with Gasteiger partial charge in [-0.2, -0.15) is 0 Å². The molecule has 0 aromatic heterocycles. The Morgan fingerprint density at radius 1 is 0.978 bits per heavy atom. The number of nitrogens with one attached hydrogen (secondary N) is 1. The molecule has 250 valence electrons. The van der Waals surface area contributed by atoms with E-state index >= 15 is 0 Å². The van der Waals surface area contributed by atoms with Crippen LogP contribution in [0.2, 0.25) is 36.3 Å². The Bertz CT molecular complexity index is 1270. The molecule has 4 atom stereocenters. The molecule has 0 spiro atoms. The first kappa shape index (κ1) is 37.0. The fourth-order valence-corrected chi connectivity index (χ4v) is 7.54. The summed E-state index contributed by atoms with van der Waals surface area (Å²) < 4.78 is 26.7. The van der Waals surface area contributed by atoms with Crippen molar-refractivity contribution >= 4 is 28.5 Å². The van der Waals surface area contributed by atoms with Crippen molar-refractivity contribution < 1.29 is 27.9 Å². The van der Waals surface area contributed by atoms with Crippen LogP contribution in [0.1, 0.15) is 90.1 Å². The van der Waals surface area contributed by atoms with Crippen LogP contribution < -0.4 is 9.74 Å².